The number of aryl methyl sites for hydroxylation is 2. The Kier molecular flexibility index (Phi) is 3.98. The monoisotopic (exact) mass is 361 g/mol. The number of halogens is 1. The van der Waals surface area contributed by atoms with Gasteiger partial charge in [0.2, 0.25) is 0 Å². The predicted molar refractivity (Wildman–Crippen MR) is 87.6 cm³/mol. The van der Waals surface area contributed by atoms with Crippen LogP contribution in [-0.2, 0) is 13.1 Å². The van der Waals surface area contributed by atoms with E-state index in [1.807, 2.05) is 38.1 Å². The highest BCUT2D eigenvalue weighted by Crippen LogP contribution is 2.21. The highest BCUT2D eigenvalue weighted by atomic mass is 79.9. The number of imidazole rings is 1. The molecule has 2 heterocycles. The lowest BCUT2D eigenvalue weighted by Crippen LogP contribution is -2.26. The molecule has 6 nitrogen and oxygen atoms in total. The van der Waals surface area contributed by atoms with Crippen LogP contribution in [0.3, 0.4) is 0 Å². The Balaban J connectivity index is 1.77. The molecule has 2 aromatic heterocycles. The zero-order chi connectivity index (χ0) is 15.7. The van der Waals surface area contributed by atoms with E-state index in [0.29, 0.717) is 18.8 Å². The largest absolute Gasteiger partial charge is 0.343 e. The molecule has 7 heteroatoms. The molecule has 0 atom stereocenters. The molecule has 0 aliphatic carbocycles. The second kappa shape index (κ2) is 5.92. The van der Waals surface area contributed by atoms with Gasteiger partial charge in [0.15, 0.2) is 0 Å². The van der Waals surface area contributed by atoms with Crippen molar-refractivity contribution in [3.63, 3.8) is 0 Å². The third-order valence-electron chi connectivity index (χ3n) is 3.42. The average molecular weight is 362 g/mol. The van der Waals surface area contributed by atoms with E-state index < -0.39 is 0 Å². The lowest BCUT2D eigenvalue weighted by atomic mass is 10.3. The van der Waals surface area contributed by atoms with Crippen LogP contribution in [0.5, 0.6) is 0 Å². The normalized spacial score (nSPS) is 11.0. The van der Waals surface area contributed by atoms with Gasteiger partial charge in [-0.15, -0.1) is 0 Å². The average Bonchev–Trinajstić information content (AvgIpc) is 3.06. The molecule has 0 spiro atoms. The molecule has 3 aromatic rings. The summed E-state index contributed by atoms with van der Waals surface area (Å²) in [5.74, 6) is 0.555. The number of nitrogens with zero attached hydrogens (tertiary/aromatic N) is 3. The summed E-state index contributed by atoms with van der Waals surface area (Å²) < 4.78 is 2.42. The Morgan fingerprint density at radius 1 is 1.41 bits per heavy atom. The van der Waals surface area contributed by atoms with E-state index >= 15 is 0 Å². The summed E-state index contributed by atoms with van der Waals surface area (Å²) in [6.45, 7) is 4.80. The van der Waals surface area contributed by atoms with Gasteiger partial charge < -0.3 is 10.3 Å². The lowest BCUT2D eigenvalue weighted by Gasteiger charge is -2.06. The van der Waals surface area contributed by atoms with Gasteiger partial charge in [0, 0.05) is 6.54 Å². The fourth-order valence-electron chi connectivity index (χ4n) is 2.34. The number of aromatic nitrogens is 4. The van der Waals surface area contributed by atoms with Crippen molar-refractivity contribution in [1.82, 2.24) is 25.1 Å². The SMILES string of the molecule is CCn1nc(C)c(Br)c1C(=O)NCc1nc2ccccc2[nH]1. The number of para-hydroxylation sites is 2. The second-order valence-electron chi connectivity index (χ2n) is 4.95. The van der Waals surface area contributed by atoms with Crippen LogP contribution in [-0.4, -0.2) is 25.7 Å². The molecule has 0 aliphatic rings. The molecule has 0 bridgehead atoms. The van der Waals surface area contributed by atoms with Gasteiger partial charge in [0.1, 0.15) is 11.5 Å². The van der Waals surface area contributed by atoms with Crippen LogP contribution in [0.2, 0.25) is 0 Å². The molecular weight excluding hydrogens is 346 g/mol. The van der Waals surface area contributed by atoms with Crippen molar-refractivity contribution in [2.75, 3.05) is 0 Å². The van der Waals surface area contributed by atoms with Crippen LogP contribution in [0.15, 0.2) is 28.7 Å². The quantitative estimate of drug-likeness (QED) is 0.750. The zero-order valence-corrected chi connectivity index (χ0v) is 13.9. The molecule has 1 amide bonds. The number of carbonyl (C=O) groups is 1. The summed E-state index contributed by atoms with van der Waals surface area (Å²) in [6, 6.07) is 7.77. The first kappa shape index (κ1) is 14.8. The molecule has 0 radical (unpaired) electrons. The first-order chi connectivity index (χ1) is 10.6. The molecule has 22 heavy (non-hydrogen) atoms. The van der Waals surface area contributed by atoms with E-state index in [2.05, 4.69) is 36.3 Å². The summed E-state index contributed by atoms with van der Waals surface area (Å²) in [5.41, 5.74) is 3.19. The van der Waals surface area contributed by atoms with Crippen molar-refractivity contribution >= 4 is 32.9 Å². The van der Waals surface area contributed by atoms with Crippen molar-refractivity contribution in [3.05, 3.63) is 46.0 Å². The minimum atomic E-state index is -0.171. The van der Waals surface area contributed by atoms with Crippen molar-refractivity contribution in [2.45, 2.75) is 26.9 Å². The number of H-pyrrole nitrogens is 1. The highest BCUT2D eigenvalue weighted by Gasteiger charge is 2.19. The van der Waals surface area contributed by atoms with E-state index in [1.165, 1.54) is 0 Å². The number of hydrogen-bond donors (Lipinski definition) is 2. The van der Waals surface area contributed by atoms with Gasteiger partial charge in [-0.3, -0.25) is 9.48 Å². The minimum Gasteiger partial charge on any atom is -0.343 e. The van der Waals surface area contributed by atoms with Crippen molar-refractivity contribution in [3.8, 4) is 0 Å². The second-order valence-corrected chi connectivity index (χ2v) is 5.74. The molecule has 3 rings (SSSR count). The Morgan fingerprint density at radius 3 is 2.91 bits per heavy atom. The molecule has 0 aliphatic heterocycles. The third kappa shape index (κ3) is 2.64. The summed E-state index contributed by atoms with van der Waals surface area (Å²) >= 11 is 3.43. The summed E-state index contributed by atoms with van der Waals surface area (Å²) in [7, 11) is 0. The highest BCUT2D eigenvalue weighted by molar-refractivity contribution is 9.10. The van der Waals surface area contributed by atoms with Crippen LogP contribution in [0, 0.1) is 6.92 Å². The number of hydrogen-bond acceptors (Lipinski definition) is 3. The minimum absolute atomic E-state index is 0.171. The van der Waals surface area contributed by atoms with Gasteiger partial charge in [-0.05, 0) is 41.9 Å². The van der Waals surface area contributed by atoms with E-state index in [-0.39, 0.29) is 5.91 Å². The Labute approximate surface area is 136 Å². The summed E-state index contributed by atoms with van der Waals surface area (Å²) in [4.78, 5) is 20.0. The van der Waals surface area contributed by atoms with Gasteiger partial charge in [0.25, 0.3) is 5.91 Å². The predicted octanol–water partition coefficient (Wildman–Crippen LogP) is 2.78. The number of rotatable bonds is 4. The van der Waals surface area contributed by atoms with Crippen LogP contribution < -0.4 is 5.32 Å². The molecule has 2 N–H and O–H groups in total. The van der Waals surface area contributed by atoms with E-state index in [1.54, 1.807) is 4.68 Å². The zero-order valence-electron chi connectivity index (χ0n) is 12.4. The van der Waals surface area contributed by atoms with E-state index in [9.17, 15) is 4.79 Å². The Morgan fingerprint density at radius 2 is 2.18 bits per heavy atom. The van der Waals surface area contributed by atoms with E-state index in [0.717, 1.165) is 27.0 Å². The van der Waals surface area contributed by atoms with Crippen molar-refractivity contribution < 1.29 is 4.79 Å². The van der Waals surface area contributed by atoms with Crippen molar-refractivity contribution in [2.24, 2.45) is 0 Å². The maximum Gasteiger partial charge on any atom is 0.271 e. The number of carbonyl (C=O) groups excluding carboxylic acids is 1. The fraction of sp³-hybridized carbons (Fsp3) is 0.267. The van der Waals surface area contributed by atoms with Gasteiger partial charge in [-0.2, -0.15) is 5.10 Å². The van der Waals surface area contributed by atoms with Crippen LogP contribution >= 0.6 is 15.9 Å². The molecule has 0 unspecified atom stereocenters. The van der Waals surface area contributed by atoms with Crippen LogP contribution in [0.1, 0.15) is 28.9 Å². The van der Waals surface area contributed by atoms with Gasteiger partial charge >= 0.3 is 0 Å². The van der Waals surface area contributed by atoms with E-state index in [4.69, 9.17) is 0 Å². The molecule has 0 saturated heterocycles. The number of benzene rings is 1. The summed E-state index contributed by atoms with van der Waals surface area (Å²) in [5, 5.41) is 7.21. The molecule has 0 fully saturated rings. The van der Waals surface area contributed by atoms with Gasteiger partial charge in [0.05, 0.1) is 27.7 Å². The first-order valence-corrected chi connectivity index (χ1v) is 7.84. The fourth-order valence-corrected chi connectivity index (χ4v) is 2.81. The third-order valence-corrected chi connectivity index (χ3v) is 4.37. The maximum absolute atomic E-state index is 12.4. The first-order valence-electron chi connectivity index (χ1n) is 7.05. The molecule has 114 valence electrons. The molecule has 0 saturated carbocycles. The number of aromatic amines is 1. The molecule has 1 aromatic carbocycles. The molecular formula is C15H16BrN5O. The Hall–Kier alpha value is -2.15. The Bertz CT molecular complexity index is 803. The van der Waals surface area contributed by atoms with Crippen molar-refractivity contribution in [1.29, 1.82) is 0 Å². The summed E-state index contributed by atoms with van der Waals surface area (Å²) in [6.07, 6.45) is 0. The van der Waals surface area contributed by atoms with Gasteiger partial charge in [-0.1, -0.05) is 12.1 Å². The number of fused-ring (bicyclic) bond motifs is 1. The van der Waals surface area contributed by atoms with Crippen LogP contribution in [0.4, 0.5) is 0 Å². The standard InChI is InChI=1S/C15H16BrN5O/c1-3-21-14(13(16)9(2)20-21)15(22)17-8-12-18-10-6-4-5-7-11(10)19-12/h4-7H,3,8H2,1-2H3,(H,17,22)(H,18,19). The maximum atomic E-state index is 12.4. The smallest absolute Gasteiger partial charge is 0.271 e. The lowest BCUT2D eigenvalue weighted by molar-refractivity contribution is 0.0938. The number of nitrogens with one attached hydrogen (secondary N) is 2. The van der Waals surface area contributed by atoms with Crippen LogP contribution in [0.25, 0.3) is 11.0 Å². The topological polar surface area (TPSA) is 75.6 Å². The van der Waals surface area contributed by atoms with Gasteiger partial charge in [-0.25, -0.2) is 4.98 Å². The number of amides is 1.